The fraction of sp³-hybridized carbons (Fsp3) is 0.566. The molecule has 2 aliphatic heterocycles. The average molecular weight is 874 g/mol. The summed E-state index contributed by atoms with van der Waals surface area (Å²) in [5, 5.41) is 9.37. The molecule has 0 radical (unpaired) electrons. The first-order valence-electron chi connectivity index (χ1n) is 24.5. The van der Waals surface area contributed by atoms with E-state index in [0.29, 0.717) is 30.8 Å². The minimum atomic E-state index is -0.679. The summed E-state index contributed by atoms with van der Waals surface area (Å²) in [5.41, 5.74) is 3.27. The maximum absolute atomic E-state index is 14.0. The number of unbranched alkanes of at least 4 members (excludes halogenated alkanes) is 10. The van der Waals surface area contributed by atoms with Crippen LogP contribution in [0.3, 0.4) is 0 Å². The predicted molar refractivity (Wildman–Crippen MR) is 250 cm³/mol. The van der Waals surface area contributed by atoms with Crippen molar-refractivity contribution < 1.29 is 28.7 Å². The van der Waals surface area contributed by atoms with Crippen molar-refractivity contribution in [1.29, 1.82) is 0 Å². The molecule has 0 aromatic heterocycles. The van der Waals surface area contributed by atoms with Crippen molar-refractivity contribution >= 4 is 29.7 Å². The lowest BCUT2D eigenvalue weighted by Crippen LogP contribution is -2.43. The van der Waals surface area contributed by atoms with Crippen LogP contribution in [0.5, 0.6) is 0 Å². The monoisotopic (exact) mass is 874 g/mol. The predicted octanol–water partition coefficient (Wildman–Crippen LogP) is 9.00. The van der Waals surface area contributed by atoms with Gasteiger partial charge in [-0.15, -0.1) is 0 Å². The number of alkyl carbamates (subject to hydrolysis) is 1. The molecule has 344 valence electrons. The summed E-state index contributed by atoms with van der Waals surface area (Å²) >= 11 is 0. The van der Waals surface area contributed by atoms with Gasteiger partial charge in [0, 0.05) is 67.3 Å². The van der Waals surface area contributed by atoms with Gasteiger partial charge in [0.25, 0.3) is 11.8 Å². The van der Waals surface area contributed by atoms with Gasteiger partial charge in [-0.25, -0.2) is 4.79 Å². The van der Waals surface area contributed by atoms with Crippen molar-refractivity contribution in [2.24, 2.45) is 17.8 Å². The molecular weight excluding hydrogens is 803 g/mol. The van der Waals surface area contributed by atoms with Gasteiger partial charge in [0.15, 0.2) is 0 Å². The Kier molecular flexibility index (Phi) is 16.9. The number of hydrogen-bond donors (Lipinski definition) is 3. The van der Waals surface area contributed by atoms with Crippen LogP contribution < -0.4 is 16.0 Å². The first-order chi connectivity index (χ1) is 31.2. The van der Waals surface area contributed by atoms with Crippen LogP contribution in [0.1, 0.15) is 154 Å². The van der Waals surface area contributed by atoms with Crippen LogP contribution in [-0.4, -0.2) is 90.4 Å². The number of rotatable bonds is 23. The Hall–Kier alpha value is -5.19. The quantitative estimate of drug-likeness (QED) is 0.0814. The summed E-state index contributed by atoms with van der Waals surface area (Å²) in [6, 6.07) is 26.9. The van der Waals surface area contributed by atoms with Gasteiger partial charge < -0.3 is 30.5 Å². The second kappa shape index (κ2) is 23.1. The van der Waals surface area contributed by atoms with Gasteiger partial charge in [0.2, 0.25) is 11.8 Å². The highest BCUT2D eigenvalue weighted by molar-refractivity contribution is 5.99. The molecule has 4 aliphatic rings. The van der Waals surface area contributed by atoms with Gasteiger partial charge in [0.05, 0.1) is 18.4 Å². The Morgan fingerprint density at radius 3 is 1.58 bits per heavy atom. The average Bonchev–Trinajstić information content (AvgIpc) is 4.15. The minimum Gasteiger partial charge on any atom is -0.450 e. The Morgan fingerprint density at radius 1 is 0.609 bits per heavy atom. The van der Waals surface area contributed by atoms with Gasteiger partial charge >= 0.3 is 6.09 Å². The molecule has 0 bridgehead atoms. The molecule has 0 unspecified atom stereocenters. The first-order valence-corrected chi connectivity index (χ1v) is 24.5. The molecule has 5 amide bonds. The highest BCUT2D eigenvalue weighted by Crippen LogP contribution is 2.43. The largest absolute Gasteiger partial charge is 0.450 e. The molecule has 4 fully saturated rings. The van der Waals surface area contributed by atoms with Crippen molar-refractivity contribution in [3.05, 3.63) is 107 Å². The third-order valence-corrected chi connectivity index (χ3v) is 14.0. The van der Waals surface area contributed by atoms with Gasteiger partial charge in [-0.05, 0) is 80.3 Å². The summed E-state index contributed by atoms with van der Waals surface area (Å²) in [5.74, 6) is -1.37. The number of likely N-dealkylation sites (tertiary alicyclic amines) is 2. The van der Waals surface area contributed by atoms with E-state index in [0.717, 1.165) is 38.5 Å². The molecule has 2 saturated carbocycles. The summed E-state index contributed by atoms with van der Waals surface area (Å²) in [6.45, 7) is 6.17. The number of hydrogen-bond acceptors (Lipinski definition) is 6. The zero-order chi connectivity index (χ0) is 44.8. The fourth-order valence-corrected chi connectivity index (χ4v) is 9.99. The molecule has 3 aromatic carbocycles. The lowest BCUT2D eigenvalue weighted by Gasteiger charge is -2.20. The third-order valence-electron chi connectivity index (χ3n) is 14.0. The molecule has 7 rings (SSSR count). The van der Waals surface area contributed by atoms with E-state index in [1.807, 2.05) is 48.2 Å². The van der Waals surface area contributed by atoms with E-state index in [1.165, 1.54) is 68.9 Å². The second-order valence-electron chi connectivity index (χ2n) is 19.1. The van der Waals surface area contributed by atoms with E-state index < -0.39 is 11.8 Å². The van der Waals surface area contributed by atoms with E-state index >= 15 is 0 Å². The third kappa shape index (κ3) is 13.2. The highest BCUT2D eigenvalue weighted by atomic mass is 16.5. The van der Waals surface area contributed by atoms with Gasteiger partial charge in [0.1, 0.15) is 0 Å². The van der Waals surface area contributed by atoms with E-state index in [-0.39, 0.29) is 78.7 Å². The molecule has 3 aromatic rings. The van der Waals surface area contributed by atoms with E-state index in [4.69, 9.17) is 4.74 Å². The topological polar surface area (TPSA) is 137 Å². The molecule has 11 nitrogen and oxygen atoms in total. The number of carbonyl (C=O) groups excluding carboxylic acids is 5. The van der Waals surface area contributed by atoms with E-state index in [9.17, 15) is 24.0 Å². The molecule has 0 spiro atoms. The number of nitrogens with zero attached hydrogens (tertiary/aromatic N) is 2. The van der Waals surface area contributed by atoms with Crippen LogP contribution in [0.2, 0.25) is 0 Å². The minimum absolute atomic E-state index is 0.00267. The number of amides is 5. The van der Waals surface area contributed by atoms with Gasteiger partial charge in [-0.3, -0.25) is 19.2 Å². The van der Waals surface area contributed by atoms with Crippen LogP contribution >= 0.6 is 0 Å². The Morgan fingerprint density at radius 2 is 1.08 bits per heavy atom. The Labute approximate surface area is 380 Å². The Balaban J connectivity index is 0.845. The molecule has 64 heavy (non-hydrogen) atoms. The zero-order valence-corrected chi connectivity index (χ0v) is 38.2. The van der Waals surface area contributed by atoms with Crippen LogP contribution in [0, 0.1) is 17.8 Å². The summed E-state index contributed by atoms with van der Waals surface area (Å²) in [6.07, 6.45) is 16.6. The van der Waals surface area contributed by atoms with Gasteiger partial charge in [-0.2, -0.15) is 0 Å². The van der Waals surface area contributed by atoms with Crippen LogP contribution in [-0.2, 0) is 14.3 Å². The SMILES string of the molecule is CCCCCCCCCCCCCOC(=O)N[C@@H](C)C[C@@H]1CCN(C(=O)c2ccc(C(=O)N3C[C@@H](C(=O)N[C@H]4C[C@@H]4c4ccccc4)[C@H](C(=O)N[C@H]4C[C@@H]4c4ccccc4)C3)cc2)C1. The molecule has 8 atom stereocenters. The molecule has 11 heteroatoms. The van der Waals surface area contributed by atoms with E-state index in [1.54, 1.807) is 29.2 Å². The molecule has 2 saturated heterocycles. The van der Waals surface area contributed by atoms with Gasteiger partial charge in [-0.1, -0.05) is 132 Å². The smallest absolute Gasteiger partial charge is 0.407 e. The van der Waals surface area contributed by atoms with Crippen LogP contribution in [0.4, 0.5) is 4.79 Å². The second-order valence-corrected chi connectivity index (χ2v) is 19.1. The lowest BCUT2D eigenvalue weighted by molar-refractivity contribution is -0.133. The molecule has 3 N–H and O–H groups in total. The van der Waals surface area contributed by atoms with Crippen molar-refractivity contribution in [1.82, 2.24) is 25.8 Å². The summed E-state index contributed by atoms with van der Waals surface area (Å²) < 4.78 is 5.46. The van der Waals surface area contributed by atoms with Crippen molar-refractivity contribution in [2.75, 3.05) is 32.8 Å². The fourth-order valence-electron chi connectivity index (χ4n) is 9.99. The zero-order valence-electron chi connectivity index (χ0n) is 38.2. The van der Waals surface area contributed by atoms with Crippen LogP contribution in [0.25, 0.3) is 0 Å². The first kappa shape index (κ1) is 46.8. The Bertz CT molecular complexity index is 1920. The van der Waals surface area contributed by atoms with Crippen LogP contribution in [0.15, 0.2) is 84.9 Å². The highest BCUT2D eigenvalue weighted by Gasteiger charge is 2.49. The van der Waals surface area contributed by atoms with Crippen molar-refractivity contribution in [3.8, 4) is 0 Å². The summed E-state index contributed by atoms with van der Waals surface area (Å²) in [7, 11) is 0. The number of benzene rings is 3. The van der Waals surface area contributed by atoms with Crippen molar-refractivity contribution in [2.45, 2.75) is 140 Å². The molecule has 2 aliphatic carbocycles. The standard InChI is InChI=1S/C53H71N5O6/c1-3-4-5-6-7-8-9-10-11-12-19-30-64-53(63)54-37(2)31-38-28-29-57(34-38)51(61)41-24-26-42(27-25-41)52(62)58-35-45(49(59)55-47-32-43(47)39-20-15-13-16-21-39)46(36-58)50(60)56-48-33-44(48)40-22-17-14-18-23-40/h13-18,20-27,37-38,43-48H,3-12,19,28-36H2,1-2H3,(H,54,63)(H,55,59)(H,56,60)/t37-,38-,43+,44+,45+,46+,47-,48-/m0/s1. The number of nitrogens with one attached hydrogen (secondary N) is 3. The van der Waals surface area contributed by atoms with E-state index in [2.05, 4.69) is 47.1 Å². The number of carbonyl (C=O) groups is 5. The molecular formula is C53H71N5O6. The summed E-state index contributed by atoms with van der Waals surface area (Å²) in [4.78, 5) is 71.2. The normalized spacial score (nSPS) is 23.9. The van der Waals surface area contributed by atoms with Crippen molar-refractivity contribution in [3.63, 3.8) is 0 Å². The molecule has 2 heterocycles. The maximum Gasteiger partial charge on any atom is 0.407 e. The lowest BCUT2D eigenvalue weighted by atomic mass is 9.94. The maximum atomic E-state index is 14.0. The number of ether oxygens (including phenoxy) is 1.